The van der Waals surface area contributed by atoms with Crippen molar-refractivity contribution < 1.29 is 9.90 Å². The van der Waals surface area contributed by atoms with Gasteiger partial charge in [0.25, 0.3) is 0 Å². The smallest absolute Gasteiger partial charge is 0.335 e. The molecule has 86 valence electrons. The van der Waals surface area contributed by atoms with Crippen molar-refractivity contribution in [1.29, 1.82) is 0 Å². The van der Waals surface area contributed by atoms with E-state index in [2.05, 4.69) is 10.6 Å². The second-order valence-electron chi connectivity index (χ2n) is 3.01. The summed E-state index contributed by atoms with van der Waals surface area (Å²) in [4.78, 5) is 10.5. The summed E-state index contributed by atoms with van der Waals surface area (Å²) in [5.41, 5.74) is 0.944. The second kappa shape index (κ2) is 6.24. The molecule has 0 unspecified atom stereocenters. The molecule has 2 rings (SSSR count). The van der Waals surface area contributed by atoms with Crippen LogP contribution in [0.1, 0.15) is 6.92 Å². The highest BCUT2D eigenvalue weighted by Crippen LogP contribution is 2.03. The van der Waals surface area contributed by atoms with Crippen LogP contribution in [0.5, 0.6) is 0 Å². The minimum atomic E-state index is -0.912. The fraction of sp³-hybridized carbons (Fsp3) is 0.200. The van der Waals surface area contributed by atoms with Gasteiger partial charge in [0.1, 0.15) is 0 Å². The third-order valence-electron chi connectivity index (χ3n) is 1.86. The molecule has 1 aliphatic heterocycles. The first kappa shape index (κ1) is 12.7. The molecule has 0 spiro atoms. The highest BCUT2D eigenvalue weighted by Gasteiger charge is 2.16. The van der Waals surface area contributed by atoms with Crippen molar-refractivity contribution in [3.8, 4) is 0 Å². The zero-order valence-electron chi connectivity index (χ0n) is 8.69. The van der Waals surface area contributed by atoms with Crippen molar-refractivity contribution in [2.24, 2.45) is 0 Å². The van der Waals surface area contributed by atoms with Crippen LogP contribution in [0.25, 0.3) is 0 Å². The molecule has 0 aromatic carbocycles. The first-order valence-electron chi connectivity index (χ1n) is 4.56. The predicted molar refractivity (Wildman–Crippen MR) is 68.4 cm³/mol. The minimum absolute atomic E-state index is 0.299. The number of nitrogens with one attached hydrogen (secondary N) is 2. The molecule has 0 bridgehead atoms. The summed E-state index contributed by atoms with van der Waals surface area (Å²) in [6.07, 6.45) is 0. The number of rotatable bonds is 1. The van der Waals surface area contributed by atoms with Crippen molar-refractivity contribution in [2.45, 2.75) is 6.92 Å². The van der Waals surface area contributed by atoms with E-state index in [1.807, 2.05) is 22.9 Å². The Balaban J connectivity index is 0.000000212. The van der Waals surface area contributed by atoms with E-state index in [1.165, 1.54) is 0 Å². The Hall–Kier alpha value is -1.40. The number of thiocarbonyl (C=S) groups is 1. The minimum Gasteiger partial charge on any atom is -0.478 e. The van der Waals surface area contributed by atoms with Crippen molar-refractivity contribution in [3.63, 3.8) is 0 Å². The van der Waals surface area contributed by atoms with Gasteiger partial charge in [-0.1, -0.05) is 12.1 Å². The molecule has 16 heavy (non-hydrogen) atoms. The van der Waals surface area contributed by atoms with Gasteiger partial charge in [-0.15, -0.1) is 0 Å². The topological polar surface area (TPSA) is 61.4 Å². The largest absolute Gasteiger partial charge is 0.478 e. The summed E-state index contributed by atoms with van der Waals surface area (Å²) in [7, 11) is 0. The average molecular weight is 256 g/mol. The van der Waals surface area contributed by atoms with Crippen LogP contribution in [-0.4, -0.2) is 22.7 Å². The Labute approximate surface area is 103 Å². The number of allylic oxidation sites excluding steroid dienone is 1. The summed E-state index contributed by atoms with van der Waals surface area (Å²) in [5.74, 6) is -0.912. The van der Waals surface area contributed by atoms with Gasteiger partial charge in [-0.3, -0.25) is 0 Å². The van der Waals surface area contributed by atoms with Gasteiger partial charge < -0.3 is 15.7 Å². The Morgan fingerprint density at radius 3 is 2.50 bits per heavy atom. The maximum Gasteiger partial charge on any atom is 0.335 e. The van der Waals surface area contributed by atoms with Gasteiger partial charge in [0.2, 0.25) is 0 Å². The molecule has 1 aromatic heterocycles. The molecular weight excluding hydrogens is 244 g/mol. The third-order valence-corrected chi connectivity index (χ3v) is 2.74. The highest BCUT2D eigenvalue weighted by atomic mass is 32.1. The van der Waals surface area contributed by atoms with Crippen molar-refractivity contribution >= 4 is 34.6 Å². The lowest BCUT2D eigenvalue weighted by molar-refractivity contribution is -0.132. The second-order valence-corrected chi connectivity index (χ2v) is 4.23. The maximum atomic E-state index is 10.5. The zero-order chi connectivity index (χ0) is 12.0. The van der Waals surface area contributed by atoms with Gasteiger partial charge in [-0.25, -0.2) is 4.79 Å². The fourth-order valence-corrected chi connectivity index (χ4v) is 1.73. The molecule has 1 aromatic rings. The monoisotopic (exact) mass is 256 g/mol. The summed E-state index contributed by atoms with van der Waals surface area (Å²) in [6.45, 7) is 1.99. The molecule has 0 atom stereocenters. The third kappa shape index (κ3) is 4.00. The molecule has 0 aliphatic carbocycles. The van der Waals surface area contributed by atoms with E-state index in [-0.39, 0.29) is 0 Å². The molecule has 0 saturated carbocycles. The van der Waals surface area contributed by atoms with Gasteiger partial charge in [0.15, 0.2) is 5.11 Å². The molecule has 0 fully saturated rings. The average Bonchev–Trinajstić information content (AvgIpc) is 2.74. The lowest BCUT2D eigenvalue weighted by atomic mass is 10.2. The normalized spacial score (nSPS) is 14.4. The quantitative estimate of drug-likeness (QED) is 0.666. The first-order valence-corrected chi connectivity index (χ1v) is 5.91. The number of hydrogen-bond acceptors (Lipinski definition) is 3. The molecule has 0 saturated heterocycles. The van der Waals surface area contributed by atoms with E-state index >= 15 is 0 Å². The lowest BCUT2D eigenvalue weighted by Gasteiger charge is -2.19. The molecular formula is C10H12N2O2S2. The lowest BCUT2D eigenvalue weighted by Crippen LogP contribution is -2.42. The molecule has 1 aliphatic rings. The van der Waals surface area contributed by atoms with Gasteiger partial charge in [-0.05, 0) is 29.9 Å². The van der Waals surface area contributed by atoms with Crippen LogP contribution in [0.3, 0.4) is 0 Å². The molecule has 0 amide bonds. The van der Waals surface area contributed by atoms with Crippen molar-refractivity contribution in [2.75, 3.05) is 6.54 Å². The van der Waals surface area contributed by atoms with Crippen molar-refractivity contribution in [3.05, 3.63) is 34.2 Å². The Kier molecular flexibility index (Phi) is 4.94. The van der Waals surface area contributed by atoms with Crippen LogP contribution in [0, 0.1) is 0 Å². The van der Waals surface area contributed by atoms with E-state index < -0.39 is 5.97 Å². The summed E-state index contributed by atoms with van der Waals surface area (Å²) >= 11 is 6.49. The maximum absolute atomic E-state index is 10.5. The summed E-state index contributed by atoms with van der Waals surface area (Å²) in [5, 5.41) is 18.6. The summed E-state index contributed by atoms with van der Waals surface area (Å²) in [6, 6.07) is 4.04. The van der Waals surface area contributed by atoms with Crippen LogP contribution in [0.15, 0.2) is 34.2 Å². The van der Waals surface area contributed by atoms with E-state index in [0.717, 1.165) is 0 Å². The number of hydrogen-bond donors (Lipinski definition) is 3. The zero-order valence-corrected chi connectivity index (χ0v) is 10.3. The van der Waals surface area contributed by atoms with Gasteiger partial charge in [-0.2, -0.15) is 11.3 Å². The number of carboxylic acid groups (broad SMARTS) is 1. The van der Waals surface area contributed by atoms with E-state index in [1.54, 1.807) is 18.3 Å². The van der Waals surface area contributed by atoms with Crippen LogP contribution in [0.2, 0.25) is 0 Å². The predicted octanol–water partition coefficient (Wildman–Crippen LogP) is 1.57. The SMILES string of the molecule is CC1=C(C(=O)O)CNC(=S)N1.c1ccsc1. The number of carboxylic acids is 1. The first-order chi connectivity index (χ1) is 7.61. The fourth-order valence-electron chi connectivity index (χ4n) is 1.05. The molecule has 2 heterocycles. The van der Waals surface area contributed by atoms with Gasteiger partial charge >= 0.3 is 5.97 Å². The Morgan fingerprint density at radius 2 is 2.12 bits per heavy atom. The Bertz CT molecular complexity index is 382. The van der Waals surface area contributed by atoms with Crippen LogP contribution in [0.4, 0.5) is 0 Å². The Morgan fingerprint density at radius 1 is 1.50 bits per heavy atom. The molecule has 6 heteroatoms. The van der Waals surface area contributed by atoms with E-state index in [9.17, 15) is 4.79 Å². The number of aliphatic carboxylic acids is 1. The van der Waals surface area contributed by atoms with Crippen molar-refractivity contribution in [1.82, 2.24) is 10.6 Å². The molecule has 0 radical (unpaired) electrons. The number of carbonyl (C=O) groups is 1. The molecule has 3 N–H and O–H groups in total. The van der Waals surface area contributed by atoms with Crippen LogP contribution >= 0.6 is 23.6 Å². The highest BCUT2D eigenvalue weighted by molar-refractivity contribution is 7.80. The van der Waals surface area contributed by atoms with Gasteiger partial charge in [0, 0.05) is 5.70 Å². The van der Waals surface area contributed by atoms with Crippen LogP contribution in [-0.2, 0) is 4.79 Å². The van der Waals surface area contributed by atoms with E-state index in [0.29, 0.717) is 22.9 Å². The van der Waals surface area contributed by atoms with Crippen LogP contribution < -0.4 is 10.6 Å². The van der Waals surface area contributed by atoms with Gasteiger partial charge in [0.05, 0.1) is 12.1 Å². The molecule has 4 nitrogen and oxygen atoms in total. The summed E-state index contributed by atoms with van der Waals surface area (Å²) < 4.78 is 0. The van der Waals surface area contributed by atoms with E-state index in [4.69, 9.17) is 17.3 Å². The number of thiophene rings is 1. The standard InChI is InChI=1S/C6H8N2O2S.C4H4S/c1-3-4(5(9)10)2-7-6(11)8-3;1-2-4-5-3-1/h2H2,1H3,(H,9,10)(H2,7,8,11);1-4H.